The lowest BCUT2D eigenvalue weighted by Gasteiger charge is -2.23. The van der Waals surface area contributed by atoms with Crippen molar-refractivity contribution in [1.82, 2.24) is 4.98 Å². The molecule has 1 aromatic carbocycles. The molecule has 1 aliphatic rings. The molecule has 0 aliphatic heterocycles. The van der Waals surface area contributed by atoms with E-state index in [-0.39, 0.29) is 24.1 Å². The van der Waals surface area contributed by atoms with E-state index in [9.17, 15) is 19.3 Å². The van der Waals surface area contributed by atoms with Crippen LogP contribution in [0.1, 0.15) is 43.4 Å². The van der Waals surface area contributed by atoms with Crippen LogP contribution in [-0.2, 0) is 11.3 Å². The molecule has 0 radical (unpaired) electrons. The molecule has 3 aromatic rings. The van der Waals surface area contributed by atoms with Gasteiger partial charge >= 0.3 is 6.16 Å². The molecular formula is C24H23FN2O6S. The molecule has 0 bridgehead atoms. The van der Waals surface area contributed by atoms with E-state index in [1.807, 2.05) is 13.0 Å². The molecule has 0 spiro atoms. The van der Waals surface area contributed by atoms with Crippen LogP contribution in [0, 0.1) is 22.2 Å². The predicted octanol–water partition coefficient (Wildman–Crippen LogP) is 6.59. The Morgan fingerprint density at radius 1 is 1.18 bits per heavy atom. The molecule has 1 fully saturated rings. The Hall–Kier alpha value is -3.53. The van der Waals surface area contributed by atoms with Crippen LogP contribution in [0.25, 0.3) is 10.6 Å². The number of halogens is 1. The smallest absolute Gasteiger partial charge is 0.489 e. The molecular weight excluding hydrogens is 463 g/mol. The molecule has 0 atom stereocenters. The summed E-state index contributed by atoms with van der Waals surface area (Å²) in [5.41, 5.74) is 1.60. The van der Waals surface area contributed by atoms with Crippen molar-refractivity contribution in [2.75, 3.05) is 0 Å². The molecule has 0 amide bonds. The minimum absolute atomic E-state index is 0.0955. The van der Waals surface area contributed by atoms with E-state index in [2.05, 4.69) is 4.98 Å². The van der Waals surface area contributed by atoms with Crippen molar-refractivity contribution in [1.29, 1.82) is 0 Å². The van der Waals surface area contributed by atoms with E-state index in [4.69, 9.17) is 14.2 Å². The van der Waals surface area contributed by atoms with Gasteiger partial charge in [0.2, 0.25) is 0 Å². The zero-order valence-electron chi connectivity index (χ0n) is 18.5. The standard InChI is InChI=1S/C24H23FN2O6S/c1-15-21(32-18-5-3-2-4-6-18)12-11-20(26-15)23-16(13-22(25)34-23)14-31-24(28)33-19-9-7-17(8-10-19)27(29)30/h7-13,18H,2-6,14H2,1H3. The zero-order chi connectivity index (χ0) is 24.1. The first-order valence-electron chi connectivity index (χ1n) is 10.9. The van der Waals surface area contributed by atoms with E-state index in [1.165, 1.54) is 49.6 Å². The van der Waals surface area contributed by atoms with Crippen LogP contribution in [0.3, 0.4) is 0 Å². The lowest BCUT2D eigenvalue weighted by atomic mass is 9.98. The van der Waals surface area contributed by atoms with Crippen molar-refractivity contribution in [2.24, 2.45) is 0 Å². The van der Waals surface area contributed by atoms with Crippen molar-refractivity contribution in [3.63, 3.8) is 0 Å². The van der Waals surface area contributed by atoms with Crippen molar-refractivity contribution in [3.05, 3.63) is 69.0 Å². The van der Waals surface area contributed by atoms with Crippen molar-refractivity contribution in [3.8, 4) is 22.1 Å². The number of aromatic nitrogens is 1. The van der Waals surface area contributed by atoms with Crippen LogP contribution in [0.5, 0.6) is 11.5 Å². The molecule has 0 N–H and O–H groups in total. The van der Waals surface area contributed by atoms with E-state index in [0.717, 1.165) is 29.9 Å². The molecule has 4 rings (SSSR count). The summed E-state index contributed by atoms with van der Waals surface area (Å²) in [5, 5.41) is 10.3. The van der Waals surface area contributed by atoms with Gasteiger partial charge < -0.3 is 14.2 Å². The van der Waals surface area contributed by atoms with Gasteiger partial charge in [-0.05, 0) is 62.9 Å². The third-order valence-corrected chi connectivity index (χ3v) is 6.48. The number of ether oxygens (including phenoxy) is 3. The first-order valence-corrected chi connectivity index (χ1v) is 11.7. The van der Waals surface area contributed by atoms with Gasteiger partial charge in [0.1, 0.15) is 18.1 Å². The van der Waals surface area contributed by atoms with Crippen molar-refractivity contribution < 1.29 is 28.3 Å². The van der Waals surface area contributed by atoms with E-state index in [1.54, 1.807) is 6.07 Å². The minimum atomic E-state index is -1.01. The summed E-state index contributed by atoms with van der Waals surface area (Å²) in [5.74, 6) is 0.815. The number of carbonyl (C=O) groups excluding carboxylic acids is 1. The maximum absolute atomic E-state index is 14.1. The van der Waals surface area contributed by atoms with Crippen molar-refractivity contribution >= 4 is 23.2 Å². The number of benzene rings is 1. The number of aryl methyl sites for hydroxylation is 1. The highest BCUT2D eigenvalue weighted by atomic mass is 32.1. The lowest BCUT2D eigenvalue weighted by molar-refractivity contribution is -0.384. The number of thiophene rings is 1. The fourth-order valence-corrected chi connectivity index (χ4v) is 4.64. The maximum Gasteiger partial charge on any atom is 0.514 e. The van der Waals surface area contributed by atoms with Gasteiger partial charge in [0, 0.05) is 17.7 Å². The molecule has 8 nitrogen and oxygen atoms in total. The quantitative estimate of drug-likeness (QED) is 0.161. The molecule has 1 saturated carbocycles. The Morgan fingerprint density at radius 3 is 2.59 bits per heavy atom. The third-order valence-electron chi connectivity index (χ3n) is 5.49. The fourth-order valence-electron chi connectivity index (χ4n) is 3.78. The second-order valence-corrected chi connectivity index (χ2v) is 8.96. The van der Waals surface area contributed by atoms with Gasteiger partial charge in [-0.1, -0.05) is 6.42 Å². The summed E-state index contributed by atoms with van der Waals surface area (Å²) in [4.78, 5) is 27.3. The average Bonchev–Trinajstić information content (AvgIpc) is 3.20. The molecule has 10 heteroatoms. The molecule has 34 heavy (non-hydrogen) atoms. The van der Waals surface area contributed by atoms with Gasteiger partial charge in [-0.25, -0.2) is 9.78 Å². The first-order chi connectivity index (χ1) is 16.4. The number of rotatable bonds is 7. The van der Waals surface area contributed by atoms with Crippen LogP contribution in [0.4, 0.5) is 14.9 Å². The Kier molecular flexibility index (Phi) is 7.36. The molecule has 1 aliphatic carbocycles. The highest BCUT2D eigenvalue weighted by Crippen LogP contribution is 2.34. The van der Waals surface area contributed by atoms with Gasteiger partial charge in [0.15, 0.2) is 5.13 Å². The first kappa shape index (κ1) is 23.6. The molecule has 2 heterocycles. The summed E-state index contributed by atoms with van der Waals surface area (Å²) < 4.78 is 30.3. The SMILES string of the molecule is Cc1nc(-c2sc(F)cc2COC(=O)Oc2ccc([N+](=O)[O-])cc2)ccc1OC1CCCCC1. The summed E-state index contributed by atoms with van der Waals surface area (Å²) in [7, 11) is 0. The van der Waals surface area contributed by atoms with E-state index < -0.39 is 16.2 Å². The normalized spacial score (nSPS) is 13.9. The van der Waals surface area contributed by atoms with E-state index >= 15 is 0 Å². The van der Waals surface area contributed by atoms with Crippen LogP contribution in [0.2, 0.25) is 0 Å². The Balaban J connectivity index is 1.40. The Bertz CT molecular complexity index is 1170. The average molecular weight is 487 g/mol. The molecule has 0 unspecified atom stereocenters. The third kappa shape index (κ3) is 5.88. The molecule has 2 aromatic heterocycles. The van der Waals surface area contributed by atoms with Crippen LogP contribution in [-0.4, -0.2) is 22.2 Å². The highest BCUT2D eigenvalue weighted by molar-refractivity contribution is 7.14. The largest absolute Gasteiger partial charge is 0.514 e. The van der Waals surface area contributed by atoms with Crippen molar-refractivity contribution in [2.45, 2.75) is 51.7 Å². The summed E-state index contributed by atoms with van der Waals surface area (Å²) in [6.07, 6.45) is 4.84. The number of carbonyl (C=O) groups is 1. The van der Waals surface area contributed by atoms with E-state index in [0.29, 0.717) is 21.8 Å². The number of hydrogen-bond donors (Lipinski definition) is 0. The lowest BCUT2D eigenvalue weighted by Crippen LogP contribution is -2.20. The van der Waals surface area contributed by atoms with Gasteiger partial charge in [0.05, 0.1) is 27.3 Å². The number of hydrogen-bond acceptors (Lipinski definition) is 8. The highest BCUT2D eigenvalue weighted by Gasteiger charge is 2.19. The number of nitro benzene ring substituents is 1. The van der Waals surface area contributed by atoms with Gasteiger partial charge in [-0.3, -0.25) is 10.1 Å². The monoisotopic (exact) mass is 486 g/mol. The molecule has 178 valence electrons. The summed E-state index contributed by atoms with van der Waals surface area (Å²) in [6, 6.07) is 9.92. The summed E-state index contributed by atoms with van der Waals surface area (Å²) in [6.45, 7) is 1.63. The van der Waals surface area contributed by atoms with Gasteiger partial charge in [0.25, 0.3) is 5.69 Å². The van der Waals surface area contributed by atoms with Crippen LogP contribution >= 0.6 is 11.3 Å². The van der Waals surface area contributed by atoms with Crippen LogP contribution < -0.4 is 9.47 Å². The van der Waals surface area contributed by atoms with Gasteiger partial charge in [-0.2, -0.15) is 4.39 Å². The fraction of sp³-hybridized carbons (Fsp3) is 0.333. The Morgan fingerprint density at radius 2 is 1.91 bits per heavy atom. The van der Waals surface area contributed by atoms with Crippen LogP contribution in [0.15, 0.2) is 42.5 Å². The number of nitrogens with zero attached hydrogens (tertiary/aromatic N) is 2. The zero-order valence-corrected chi connectivity index (χ0v) is 19.3. The second kappa shape index (κ2) is 10.6. The predicted molar refractivity (Wildman–Crippen MR) is 124 cm³/mol. The number of nitro groups is 1. The molecule has 0 saturated heterocycles. The minimum Gasteiger partial charge on any atom is -0.489 e. The Labute approximate surface area is 199 Å². The summed E-state index contributed by atoms with van der Waals surface area (Å²) >= 11 is 0.912. The maximum atomic E-state index is 14.1. The topological polar surface area (TPSA) is 101 Å². The van der Waals surface area contributed by atoms with Gasteiger partial charge in [-0.15, -0.1) is 11.3 Å². The number of non-ortho nitro benzene ring substituents is 1. The second-order valence-electron chi connectivity index (χ2n) is 7.95. The number of pyridine rings is 1.